The summed E-state index contributed by atoms with van der Waals surface area (Å²) in [5, 5.41) is 43.2. The Morgan fingerprint density at radius 3 is 2.54 bits per heavy atom. The lowest BCUT2D eigenvalue weighted by Gasteiger charge is -2.45. The molecular weight excluding hydrogens is 549 g/mol. The van der Waals surface area contributed by atoms with Gasteiger partial charge in [0.25, 0.3) is 0 Å². The average Bonchev–Trinajstić information content (AvgIpc) is 3.21. The van der Waals surface area contributed by atoms with Gasteiger partial charge in [0, 0.05) is 35.6 Å². The molecule has 1 saturated heterocycles. The van der Waals surface area contributed by atoms with Crippen molar-refractivity contribution in [1.29, 1.82) is 5.26 Å². The van der Waals surface area contributed by atoms with Crippen LogP contribution in [0.3, 0.4) is 0 Å². The molecule has 0 bridgehead atoms. The topological polar surface area (TPSA) is 114 Å². The molecule has 2 aliphatic rings. The summed E-state index contributed by atoms with van der Waals surface area (Å²) in [5.41, 5.74) is -2.27. The third-order valence-electron chi connectivity index (χ3n) is 8.54. The first-order chi connectivity index (χ1) is 18.6. The summed E-state index contributed by atoms with van der Waals surface area (Å²) in [6.45, 7) is -0.575. The minimum atomic E-state index is -1.75. The summed E-state index contributed by atoms with van der Waals surface area (Å²) in [6.07, 6.45) is 2.01. The number of hydrogen-bond acceptors (Lipinski definition) is 6. The van der Waals surface area contributed by atoms with E-state index in [0.717, 1.165) is 12.5 Å². The normalized spacial score (nSPS) is 26.6. The molecule has 4 N–H and O–H groups in total. The predicted molar refractivity (Wildman–Crippen MR) is 144 cm³/mol. The molecule has 10 heteroatoms. The molecular formula is C29H32Cl2F2N2O4. The van der Waals surface area contributed by atoms with E-state index in [-0.39, 0.29) is 59.2 Å². The third-order valence-corrected chi connectivity index (χ3v) is 9.06. The molecule has 0 unspecified atom stereocenters. The van der Waals surface area contributed by atoms with Gasteiger partial charge >= 0.3 is 0 Å². The maximum absolute atomic E-state index is 15.7. The Hall–Kier alpha value is -2.12. The van der Waals surface area contributed by atoms with Crippen LogP contribution in [0.25, 0.3) is 0 Å². The van der Waals surface area contributed by atoms with E-state index in [1.54, 1.807) is 0 Å². The molecule has 4 rings (SSSR count). The van der Waals surface area contributed by atoms with Crippen LogP contribution in [-0.2, 0) is 10.2 Å². The van der Waals surface area contributed by atoms with Gasteiger partial charge in [-0.15, -0.1) is 0 Å². The minimum absolute atomic E-state index is 0.00815. The molecule has 39 heavy (non-hydrogen) atoms. The highest BCUT2D eigenvalue weighted by molar-refractivity contribution is 6.31. The maximum atomic E-state index is 15.7. The number of nitrogens with zero attached hydrogens (tertiary/aromatic N) is 1. The highest BCUT2D eigenvalue weighted by Crippen LogP contribution is 2.55. The zero-order valence-electron chi connectivity index (χ0n) is 21.3. The van der Waals surface area contributed by atoms with Crippen molar-refractivity contribution in [2.45, 2.75) is 74.5 Å². The van der Waals surface area contributed by atoms with Crippen molar-refractivity contribution in [2.75, 3.05) is 13.2 Å². The SMILES string of the molecule is N#C[C@]1(c2ccc(Cl)cc2F)[C@H](CC2(CO)CCC2)N[C@@H](C(=O)CCC[C@H](O)CO)[C@@H]1c1cccc(Cl)c1F. The van der Waals surface area contributed by atoms with Crippen molar-refractivity contribution in [1.82, 2.24) is 5.32 Å². The van der Waals surface area contributed by atoms with Crippen LogP contribution in [0.2, 0.25) is 10.0 Å². The number of nitrogens with one attached hydrogen (secondary N) is 1. The number of ketones is 1. The summed E-state index contributed by atoms with van der Waals surface area (Å²) in [4.78, 5) is 13.7. The molecule has 0 radical (unpaired) electrons. The molecule has 210 valence electrons. The van der Waals surface area contributed by atoms with Gasteiger partial charge in [-0.25, -0.2) is 8.78 Å². The highest BCUT2D eigenvalue weighted by Gasteiger charge is 2.61. The molecule has 5 atom stereocenters. The van der Waals surface area contributed by atoms with Crippen molar-refractivity contribution >= 4 is 29.0 Å². The minimum Gasteiger partial charge on any atom is -0.396 e. The number of rotatable bonds is 11. The second-order valence-electron chi connectivity index (χ2n) is 10.8. The molecule has 1 heterocycles. The van der Waals surface area contributed by atoms with Gasteiger partial charge in [-0.1, -0.05) is 47.8 Å². The van der Waals surface area contributed by atoms with E-state index in [0.29, 0.717) is 12.8 Å². The Labute approximate surface area is 236 Å². The molecule has 1 aliphatic carbocycles. The van der Waals surface area contributed by atoms with Gasteiger partial charge in [0.2, 0.25) is 0 Å². The van der Waals surface area contributed by atoms with Crippen molar-refractivity contribution in [2.24, 2.45) is 5.41 Å². The van der Waals surface area contributed by atoms with Crippen molar-refractivity contribution in [3.63, 3.8) is 0 Å². The molecule has 0 aromatic heterocycles. The van der Waals surface area contributed by atoms with E-state index < -0.39 is 53.2 Å². The average molecular weight is 581 g/mol. The first kappa shape index (κ1) is 29.9. The lowest BCUT2D eigenvalue weighted by atomic mass is 9.58. The molecule has 2 aromatic carbocycles. The Kier molecular flexibility index (Phi) is 9.32. The van der Waals surface area contributed by atoms with Crippen LogP contribution in [0.15, 0.2) is 36.4 Å². The van der Waals surface area contributed by atoms with Gasteiger partial charge in [0.1, 0.15) is 22.8 Å². The Bertz CT molecular complexity index is 1250. The predicted octanol–water partition coefficient (Wildman–Crippen LogP) is 4.80. The van der Waals surface area contributed by atoms with Gasteiger partial charge in [-0.2, -0.15) is 5.26 Å². The monoisotopic (exact) mass is 580 g/mol. The van der Waals surface area contributed by atoms with Crippen LogP contribution < -0.4 is 5.32 Å². The largest absolute Gasteiger partial charge is 0.396 e. The first-order valence-electron chi connectivity index (χ1n) is 13.1. The molecule has 1 saturated carbocycles. The second kappa shape index (κ2) is 12.2. The number of nitriles is 1. The summed E-state index contributed by atoms with van der Waals surface area (Å²) >= 11 is 12.2. The number of aliphatic hydroxyl groups is 3. The number of Topliss-reactive ketones (excluding diaryl/α,β-unsaturated/α-hetero) is 1. The van der Waals surface area contributed by atoms with Crippen LogP contribution in [0, 0.1) is 28.4 Å². The number of halogens is 4. The fourth-order valence-electron chi connectivity index (χ4n) is 6.29. The van der Waals surface area contributed by atoms with Crippen molar-refractivity contribution in [3.8, 4) is 6.07 Å². The Morgan fingerprint density at radius 2 is 1.95 bits per heavy atom. The molecule has 2 aromatic rings. The summed E-state index contributed by atoms with van der Waals surface area (Å²) in [7, 11) is 0. The van der Waals surface area contributed by atoms with Crippen LogP contribution in [0.5, 0.6) is 0 Å². The first-order valence-corrected chi connectivity index (χ1v) is 13.9. The van der Waals surface area contributed by atoms with E-state index in [1.165, 1.54) is 30.3 Å². The van der Waals surface area contributed by atoms with Gasteiger partial charge < -0.3 is 20.6 Å². The molecule has 2 fully saturated rings. The van der Waals surface area contributed by atoms with E-state index in [1.807, 2.05) is 0 Å². The van der Waals surface area contributed by atoms with E-state index in [9.17, 15) is 20.3 Å². The van der Waals surface area contributed by atoms with Gasteiger partial charge in [-0.05, 0) is 61.3 Å². The van der Waals surface area contributed by atoms with Gasteiger partial charge in [0.15, 0.2) is 0 Å². The van der Waals surface area contributed by atoms with E-state index in [4.69, 9.17) is 28.3 Å². The number of benzene rings is 2. The number of aliphatic hydroxyl groups excluding tert-OH is 3. The Morgan fingerprint density at radius 1 is 1.21 bits per heavy atom. The van der Waals surface area contributed by atoms with Crippen molar-refractivity contribution in [3.05, 3.63) is 69.2 Å². The van der Waals surface area contributed by atoms with E-state index in [2.05, 4.69) is 11.4 Å². The number of hydrogen-bond donors (Lipinski definition) is 4. The molecule has 0 amide bonds. The molecule has 6 nitrogen and oxygen atoms in total. The molecule has 1 aliphatic heterocycles. The highest BCUT2D eigenvalue weighted by atomic mass is 35.5. The van der Waals surface area contributed by atoms with Crippen LogP contribution in [0.1, 0.15) is 62.0 Å². The van der Waals surface area contributed by atoms with Crippen LogP contribution >= 0.6 is 23.2 Å². The summed E-state index contributed by atoms with van der Waals surface area (Å²) in [6, 6.07) is 8.69. The molecule has 0 spiro atoms. The number of carbonyl (C=O) groups is 1. The van der Waals surface area contributed by atoms with Crippen molar-refractivity contribution < 1.29 is 28.9 Å². The second-order valence-corrected chi connectivity index (χ2v) is 11.7. The maximum Gasteiger partial charge on any atom is 0.150 e. The summed E-state index contributed by atoms with van der Waals surface area (Å²) in [5.74, 6) is -3.05. The van der Waals surface area contributed by atoms with Gasteiger partial charge in [-0.3, -0.25) is 4.79 Å². The lowest BCUT2D eigenvalue weighted by Crippen LogP contribution is -2.48. The van der Waals surface area contributed by atoms with Crippen LogP contribution in [-0.4, -0.2) is 52.5 Å². The summed E-state index contributed by atoms with van der Waals surface area (Å²) < 4.78 is 31.3. The lowest BCUT2D eigenvalue weighted by molar-refractivity contribution is -0.121. The smallest absolute Gasteiger partial charge is 0.150 e. The fraction of sp³-hybridized carbons (Fsp3) is 0.517. The zero-order chi connectivity index (χ0) is 28.4. The standard InChI is InChI=1S/C29H32Cl2F2N2O4/c30-17-8-9-20(22(32)12-17)29(15-34)24(13-28(16-37)10-3-11-28)35-27(23(39)7-1-4-18(38)14-36)25(29)19-5-2-6-21(31)26(19)33/h2,5-6,8-9,12,18,24-25,27,35-38H,1,3-4,7,10-11,13-14,16H2/t18-,24-,25-,27-,29-/m0/s1. The third kappa shape index (κ3) is 5.58. The Balaban J connectivity index is 1.89. The van der Waals surface area contributed by atoms with Gasteiger partial charge in [0.05, 0.1) is 29.8 Å². The van der Waals surface area contributed by atoms with Crippen LogP contribution in [0.4, 0.5) is 8.78 Å². The fourth-order valence-corrected chi connectivity index (χ4v) is 6.63. The quantitative estimate of drug-likeness (QED) is 0.303. The number of carbonyl (C=O) groups excluding carboxylic acids is 1. The van der Waals surface area contributed by atoms with E-state index >= 15 is 8.78 Å². The zero-order valence-corrected chi connectivity index (χ0v) is 22.9.